The molecule has 22 heavy (non-hydrogen) atoms. The largest absolute Gasteiger partial charge is 0.508 e. The summed E-state index contributed by atoms with van der Waals surface area (Å²) in [5.41, 5.74) is 2.15. The Kier molecular flexibility index (Phi) is 3.10. The van der Waals surface area contributed by atoms with E-state index in [4.69, 9.17) is 0 Å². The first-order chi connectivity index (χ1) is 10.4. The second kappa shape index (κ2) is 4.70. The van der Waals surface area contributed by atoms with E-state index in [1.807, 2.05) is 12.1 Å². The van der Waals surface area contributed by atoms with Crippen molar-refractivity contribution in [2.24, 2.45) is 23.2 Å². The number of alkyl halides is 1. The lowest BCUT2D eigenvalue weighted by Gasteiger charge is -2.52. The molecule has 2 saturated carbocycles. The van der Waals surface area contributed by atoms with Gasteiger partial charge in [-0.3, -0.25) is 0 Å². The average molecular weight is 304 g/mol. The highest BCUT2D eigenvalue weighted by Crippen LogP contribution is 2.62. The monoisotopic (exact) mass is 304 g/mol. The first kappa shape index (κ1) is 14.5. The second-order valence-electron chi connectivity index (χ2n) is 8.24. The van der Waals surface area contributed by atoms with Crippen molar-refractivity contribution in [2.75, 3.05) is 0 Å². The molecule has 3 aliphatic carbocycles. The number of aliphatic hydroxyl groups excluding tert-OH is 1. The third-order valence-corrected chi connectivity index (χ3v) is 6.74. The Hall–Kier alpha value is -1.09. The molecule has 3 heteroatoms. The molecule has 0 spiro atoms. The highest BCUT2D eigenvalue weighted by molar-refractivity contribution is 5.41. The molecule has 0 bridgehead atoms. The van der Waals surface area contributed by atoms with Crippen LogP contribution in [-0.2, 0) is 6.42 Å². The van der Waals surface area contributed by atoms with Gasteiger partial charge in [-0.15, -0.1) is 0 Å². The Balaban J connectivity index is 1.80. The van der Waals surface area contributed by atoms with Crippen LogP contribution in [0.5, 0.6) is 5.75 Å². The smallest absolute Gasteiger partial charge is 0.115 e. The molecule has 0 aliphatic heterocycles. The number of phenolic OH excluding ortho intramolecular Hbond substituents is 1. The SMILES string of the molecule is C[C@@H]1Cc2cc(O)ccc2[C@@H]2[C@@H]1[C@@H]1C[C@@H](O)C[C@@]1(C)C[C@@H]2F. The zero-order valence-corrected chi connectivity index (χ0v) is 13.3. The standard InChI is InChI=1S/C19H25FO2/c1-10-5-11-6-12(21)3-4-14(11)18-16(20)9-19(2)8-13(22)7-15(19)17(10)18/h3-4,6,10,13,15-18,21-22H,5,7-9H2,1-2H3/t10-,13-,15+,16+,17+,18+,19+/m1/s1. The van der Waals surface area contributed by atoms with E-state index in [1.165, 1.54) is 0 Å². The Bertz CT molecular complexity index is 601. The molecule has 2 fully saturated rings. The normalized spacial score (nSPS) is 46.7. The fraction of sp³-hybridized carbons (Fsp3) is 0.684. The highest BCUT2D eigenvalue weighted by Gasteiger charge is 2.58. The molecule has 1 aromatic carbocycles. The molecular formula is C19H25FO2. The summed E-state index contributed by atoms with van der Waals surface area (Å²) in [5, 5.41) is 19.9. The molecule has 0 heterocycles. The van der Waals surface area contributed by atoms with Gasteiger partial charge in [-0.2, -0.15) is 0 Å². The van der Waals surface area contributed by atoms with Gasteiger partial charge in [0.2, 0.25) is 0 Å². The van der Waals surface area contributed by atoms with Gasteiger partial charge in [0.25, 0.3) is 0 Å². The van der Waals surface area contributed by atoms with Crippen LogP contribution in [0.2, 0.25) is 0 Å². The molecule has 4 rings (SSSR count). The number of hydrogen-bond acceptors (Lipinski definition) is 2. The number of hydrogen-bond donors (Lipinski definition) is 2. The molecule has 2 nitrogen and oxygen atoms in total. The van der Waals surface area contributed by atoms with E-state index >= 15 is 4.39 Å². The van der Waals surface area contributed by atoms with Crippen LogP contribution in [0.1, 0.15) is 50.2 Å². The van der Waals surface area contributed by atoms with E-state index in [0.717, 1.165) is 30.4 Å². The summed E-state index contributed by atoms with van der Waals surface area (Å²) < 4.78 is 15.1. The van der Waals surface area contributed by atoms with Crippen LogP contribution in [0.3, 0.4) is 0 Å². The van der Waals surface area contributed by atoms with Crippen LogP contribution in [0, 0.1) is 23.2 Å². The minimum atomic E-state index is -0.845. The van der Waals surface area contributed by atoms with Crippen molar-refractivity contribution in [1.82, 2.24) is 0 Å². The zero-order valence-electron chi connectivity index (χ0n) is 13.3. The van der Waals surface area contributed by atoms with Crippen LogP contribution >= 0.6 is 0 Å². The van der Waals surface area contributed by atoms with Crippen LogP contribution in [0.15, 0.2) is 18.2 Å². The molecule has 0 saturated heterocycles. The van der Waals surface area contributed by atoms with Gasteiger partial charge >= 0.3 is 0 Å². The van der Waals surface area contributed by atoms with E-state index in [9.17, 15) is 10.2 Å². The Morgan fingerprint density at radius 1 is 1.27 bits per heavy atom. The number of fused-ring (bicyclic) bond motifs is 5. The summed E-state index contributed by atoms with van der Waals surface area (Å²) in [5.74, 6) is 1.33. The fourth-order valence-electron chi connectivity index (χ4n) is 6.00. The van der Waals surface area contributed by atoms with Crippen LogP contribution in [0.4, 0.5) is 4.39 Å². The van der Waals surface area contributed by atoms with Crippen LogP contribution < -0.4 is 0 Å². The topological polar surface area (TPSA) is 40.5 Å². The predicted molar refractivity (Wildman–Crippen MR) is 83.6 cm³/mol. The van der Waals surface area contributed by atoms with Gasteiger partial charge < -0.3 is 10.2 Å². The maximum absolute atomic E-state index is 15.1. The first-order valence-electron chi connectivity index (χ1n) is 8.53. The Morgan fingerprint density at radius 3 is 2.82 bits per heavy atom. The molecule has 120 valence electrons. The van der Waals surface area contributed by atoms with Gasteiger partial charge in [0, 0.05) is 5.92 Å². The van der Waals surface area contributed by atoms with Gasteiger partial charge in [0.05, 0.1) is 6.10 Å². The molecule has 0 aromatic heterocycles. The number of phenols is 1. The summed E-state index contributed by atoms with van der Waals surface area (Å²) >= 11 is 0. The predicted octanol–water partition coefficient (Wildman–Crippen LogP) is 3.80. The van der Waals surface area contributed by atoms with Crippen LogP contribution in [-0.4, -0.2) is 22.5 Å². The van der Waals surface area contributed by atoms with Crippen molar-refractivity contribution >= 4 is 0 Å². The maximum atomic E-state index is 15.1. The minimum absolute atomic E-state index is 0.0529. The average Bonchev–Trinajstić information content (AvgIpc) is 2.71. The fourth-order valence-corrected chi connectivity index (χ4v) is 6.00. The van der Waals surface area contributed by atoms with E-state index in [0.29, 0.717) is 24.2 Å². The lowest BCUT2D eigenvalue weighted by Crippen LogP contribution is -2.48. The highest BCUT2D eigenvalue weighted by atomic mass is 19.1. The molecular weight excluding hydrogens is 279 g/mol. The third kappa shape index (κ3) is 1.94. The molecule has 2 N–H and O–H groups in total. The van der Waals surface area contributed by atoms with E-state index < -0.39 is 6.17 Å². The summed E-state index contributed by atoms with van der Waals surface area (Å²) in [6.07, 6.45) is 1.92. The summed E-state index contributed by atoms with van der Waals surface area (Å²) in [7, 11) is 0. The number of aliphatic hydroxyl groups is 1. The van der Waals surface area contributed by atoms with Gasteiger partial charge in [-0.25, -0.2) is 4.39 Å². The maximum Gasteiger partial charge on any atom is 0.115 e. The lowest BCUT2D eigenvalue weighted by molar-refractivity contribution is -0.0199. The van der Waals surface area contributed by atoms with E-state index in [2.05, 4.69) is 13.8 Å². The third-order valence-electron chi connectivity index (χ3n) is 6.74. The van der Waals surface area contributed by atoms with E-state index in [1.54, 1.807) is 6.07 Å². The van der Waals surface area contributed by atoms with Crippen molar-refractivity contribution in [2.45, 2.75) is 57.7 Å². The van der Waals surface area contributed by atoms with Gasteiger partial charge in [-0.1, -0.05) is 19.9 Å². The Labute approximate surface area is 131 Å². The molecule has 0 unspecified atom stereocenters. The lowest BCUT2D eigenvalue weighted by atomic mass is 9.52. The van der Waals surface area contributed by atoms with Crippen molar-refractivity contribution in [3.8, 4) is 5.75 Å². The molecule has 3 aliphatic rings. The van der Waals surface area contributed by atoms with Crippen molar-refractivity contribution < 1.29 is 14.6 Å². The van der Waals surface area contributed by atoms with E-state index in [-0.39, 0.29) is 23.2 Å². The van der Waals surface area contributed by atoms with Gasteiger partial charge in [0.15, 0.2) is 0 Å². The minimum Gasteiger partial charge on any atom is -0.508 e. The van der Waals surface area contributed by atoms with Crippen molar-refractivity contribution in [3.05, 3.63) is 29.3 Å². The summed E-state index contributed by atoms with van der Waals surface area (Å²) in [6.45, 7) is 4.39. The number of halogens is 1. The summed E-state index contributed by atoms with van der Waals surface area (Å²) in [6, 6.07) is 5.43. The molecule has 0 radical (unpaired) electrons. The van der Waals surface area contributed by atoms with Crippen molar-refractivity contribution in [3.63, 3.8) is 0 Å². The zero-order chi connectivity index (χ0) is 15.6. The first-order valence-corrected chi connectivity index (χ1v) is 8.53. The molecule has 1 aromatic rings. The van der Waals surface area contributed by atoms with Crippen molar-refractivity contribution in [1.29, 1.82) is 0 Å². The molecule has 7 atom stereocenters. The van der Waals surface area contributed by atoms with Crippen LogP contribution in [0.25, 0.3) is 0 Å². The number of benzene rings is 1. The number of rotatable bonds is 0. The number of aromatic hydroxyl groups is 1. The van der Waals surface area contributed by atoms with Gasteiger partial charge in [-0.05, 0) is 72.1 Å². The quantitative estimate of drug-likeness (QED) is 0.765. The summed E-state index contributed by atoms with van der Waals surface area (Å²) in [4.78, 5) is 0. The second-order valence-corrected chi connectivity index (χ2v) is 8.24. The van der Waals surface area contributed by atoms with Gasteiger partial charge in [0.1, 0.15) is 11.9 Å². The Morgan fingerprint density at radius 2 is 2.05 bits per heavy atom. The molecule has 0 amide bonds.